The molecule has 2 rings (SSSR count). The summed E-state index contributed by atoms with van der Waals surface area (Å²) in [6.07, 6.45) is 2.56. The maximum absolute atomic E-state index is 12.3. The van der Waals surface area contributed by atoms with Gasteiger partial charge in [0, 0.05) is 5.54 Å². The van der Waals surface area contributed by atoms with Crippen molar-refractivity contribution in [1.82, 2.24) is 9.55 Å². The van der Waals surface area contributed by atoms with Gasteiger partial charge in [-0.2, -0.15) is 0 Å². The van der Waals surface area contributed by atoms with Gasteiger partial charge in [0.15, 0.2) is 0 Å². The molecule has 0 unspecified atom stereocenters. The lowest BCUT2D eigenvalue weighted by molar-refractivity contribution is 0.0697. The van der Waals surface area contributed by atoms with Crippen LogP contribution in [-0.2, 0) is 5.54 Å². The van der Waals surface area contributed by atoms with Crippen molar-refractivity contribution in [2.24, 2.45) is 0 Å². The van der Waals surface area contributed by atoms with Gasteiger partial charge < -0.3 is 10.1 Å². The highest BCUT2D eigenvalue weighted by Crippen LogP contribution is 2.30. The van der Waals surface area contributed by atoms with Gasteiger partial charge in [0.2, 0.25) is 0 Å². The van der Waals surface area contributed by atoms with E-state index in [1.807, 2.05) is 0 Å². The molecule has 1 heterocycles. The van der Waals surface area contributed by atoms with Crippen LogP contribution in [0.25, 0.3) is 11.0 Å². The zero-order chi connectivity index (χ0) is 14.9. The minimum absolute atomic E-state index is 0.173. The number of carboxylic acids is 1. The number of nitrogens with one attached hydrogen (secondary N) is 1. The van der Waals surface area contributed by atoms with Crippen molar-refractivity contribution in [2.45, 2.75) is 45.6 Å². The maximum Gasteiger partial charge on any atom is 0.335 e. The Kier molecular flexibility index (Phi) is 3.70. The number of carboxylic acid groups (broad SMARTS) is 1. The van der Waals surface area contributed by atoms with Gasteiger partial charge in [0.25, 0.3) is 0 Å². The van der Waals surface area contributed by atoms with E-state index in [0.29, 0.717) is 5.52 Å². The summed E-state index contributed by atoms with van der Waals surface area (Å²) < 4.78 is 1.79. The predicted octanol–water partition coefficient (Wildman–Crippen LogP) is 2.95. The van der Waals surface area contributed by atoms with E-state index in [-0.39, 0.29) is 16.8 Å². The zero-order valence-electron chi connectivity index (χ0n) is 12.1. The lowest BCUT2D eigenvalue weighted by Gasteiger charge is -2.32. The molecule has 0 aliphatic rings. The Hall–Kier alpha value is -2.04. The van der Waals surface area contributed by atoms with Crippen molar-refractivity contribution in [1.29, 1.82) is 0 Å². The van der Waals surface area contributed by atoms with Gasteiger partial charge in [-0.15, -0.1) is 0 Å². The molecule has 2 N–H and O–H groups in total. The molecule has 0 bridgehead atoms. The number of carbonyl (C=O) groups is 1. The Labute approximate surface area is 117 Å². The van der Waals surface area contributed by atoms with Gasteiger partial charge in [-0.3, -0.25) is 4.57 Å². The third kappa shape index (κ3) is 2.03. The number of H-pyrrole nitrogens is 1. The maximum atomic E-state index is 12.3. The van der Waals surface area contributed by atoms with Crippen molar-refractivity contribution >= 4 is 17.0 Å². The van der Waals surface area contributed by atoms with Gasteiger partial charge in [-0.25, -0.2) is 9.59 Å². The number of hydrogen-bond acceptors (Lipinski definition) is 2. The van der Waals surface area contributed by atoms with Gasteiger partial charge in [0.1, 0.15) is 0 Å². The molecule has 0 amide bonds. The summed E-state index contributed by atoms with van der Waals surface area (Å²) in [5.74, 6) is -0.992. The number of rotatable bonds is 5. The smallest absolute Gasteiger partial charge is 0.335 e. The molecule has 0 atom stereocenters. The van der Waals surface area contributed by atoms with Crippen LogP contribution in [0.4, 0.5) is 0 Å². The highest BCUT2D eigenvalue weighted by molar-refractivity contribution is 5.92. The number of aromatic nitrogens is 2. The Morgan fingerprint density at radius 1 is 1.25 bits per heavy atom. The van der Waals surface area contributed by atoms with Crippen LogP contribution in [0.5, 0.6) is 0 Å². The number of benzene rings is 1. The number of imidazole rings is 1. The van der Waals surface area contributed by atoms with E-state index in [2.05, 4.69) is 25.8 Å². The molecule has 0 fully saturated rings. The van der Waals surface area contributed by atoms with E-state index in [9.17, 15) is 9.59 Å². The molecule has 5 nitrogen and oxygen atoms in total. The van der Waals surface area contributed by atoms with E-state index in [4.69, 9.17) is 5.11 Å². The first-order valence-electron chi connectivity index (χ1n) is 6.97. The van der Waals surface area contributed by atoms with Gasteiger partial charge in [-0.1, -0.05) is 20.8 Å². The van der Waals surface area contributed by atoms with Gasteiger partial charge in [-0.05, 0) is 37.5 Å². The third-order valence-electron chi connectivity index (χ3n) is 4.38. The number of nitrogens with zero attached hydrogens (tertiary/aromatic N) is 1. The third-order valence-corrected chi connectivity index (χ3v) is 4.38. The van der Waals surface area contributed by atoms with Crippen LogP contribution in [0.1, 0.15) is 50.4 Å². The average Bonchev–Trinajstić information content (AvgIpc) is 2.78. The minimum Gasteiger partial charge on any atom is -0.478 e. The molecular weight excluding hydrogens is 256 g/mol. The minimum atomic E-state index is -0.992. The number of aromatic amines is 1. The fourth-order valence-electron chi connectivity index (χ4n) is 2.94. The fraction of sp³-hybridized carbons (Fsp3) is 0.467. The Morgan fingerprint density at radius 2 is 1.85 bits per heavy atom. The molecule has 0 saturated heterocycles. The second-order valence-electron chi connectivity index (χ2n) is 5.09. The average molecular weight is 276 g/mol. The van der Waals surface area contributed by atoms with Crippen LogP contribution in [0, 0.1) is 0 Å². The Bertz CT molecular complexity index is 684. The van der Waals surface area contributed by atoms with E-state index in [1.165, 1.54) is 6.07 Å². The standard InChI is InChI=1S/C15H20N2O3/c1-4-15(5-2,6-3)17-12-8-7-10(13(18)19)9-11(12)16-14(17)20/h7-9H,4-6H2,1-3H3,(H,16,20)(H,18,19). The van der Waals surface area contributed by atoms with E-state index in [1.54, 1.807) is 16.7 Å². The molecule has 1 aromatic heterocycles. The van der Waals surface area contributed by atoms with Crippen LogP contribution in [0.15, 0.2) is 23.0 Å². The molecule has 0 radical (unpaired) electrons. The number of aromatic carboxylic acids is 1. The molecule has 0 spiro atoms. The number of hydrogen-bond donors (Lipinski definition) is 2. The molecule has 20 heavy (non-hydrogen) atoms. The second kappa shape index (κ2) is 5.15. The van der Waals surface area contributed by atoms with E-state index < -0.39 is 5.97 Å². The summed E-state index contributed by atoms with van der Waals surface area (Å²) in [6.45, 7) is 6.22. The summed E-state index contributed by atoms with van der Waals surface area (Å²) in [4.78, 5) is 26.1. The van der Waals surface area contributed by atoms with Crippen LogP contribution in [0.2, 0.25) is 0 Å². The van der Waals surface area contributed by atoms with Crippen molar-refractivity contribution in [3.63, 3.8) is 0 Å². The number of fused-ring (bicyclic) bond motifs is 1. The summed E-state index contributed by atoms with van der Waals surface area (Å²) in [5.41, 5.74) is 1.13. The molecule has 0 saturated carbocycles. The summed E-state index contributed by atoms with van der Waals surface area (Å²) >= 11 is 0. The molecule has 0 aliphatic heterocycles. The zero-order valence-corrected chi connectivity index (χ0v) is 12.1. The van der Waals surface area contributed by atoms with Crippen molar-refractivity contribution in [3.05, 3.63) is 34.2 Å². The summed E-state index contributed by atoms with van der Waals surface area (Å²) in [5, 5.41) is 9.02. The predicted molar refractivity (Wildman–Crippen MR) is 78.4 cm³/mol. The normalized spacial score (nSPS) is 11.9. The molecular formula is C15H20N2O3. The second-order valence-corrected chi connectivity index (χ2v) is 5.09. The van der Waals surface area contributed by atoms with Crippen molar-refractivity contribution in [3.8, 4) is 0 Å². The topological polar surface area (TPSA) is 75.1 Å². The van der Waals surface area contributed by atoms with Crippen molar-refractivity contribution < 1.29 is 9.90 Å². The van der Waals surface area contributed by atoms with Crippen LogP contribution in [-0.4, -0.2) is 20.6 Å². The van der Waals surface area contributed by atoms with Crippen molar-refractivity contribution in [2.75, 3.05) is 0 Å². The molecule has 1 aromatic carbocycles. The Morgan fingerprint density at radius 3 is 2.35 bits per heavy atom. The summed E-state index contributed by atoms with van der Waals surface area (Å²) in [6, 6.07) is 4.77. The highest BCUT2D eigenvalue weighted by Gasteiger charge is 2.29. The molecule has 5 heteroatoms. The van der Waals surface area contributed by atoms with Crippen LogP contribution < -0.4 is 5.69 Å². The first kappa shape index (κ1) is 14.4. The molecule has 0 aliphatic carbocycles. The van der Waals surface area contributed by atoms with Crippen LogP contribution in [0.3, 0.4) is 0 Å². The van der Waals surface area contributed by atoms with E-state index >= 15 is 0 Å². The molecule has 108 valence electrons. The lowest BCUT2D eigenvalue weighted by Crippen LogP contribution is -2.38. The summed E-state index contributed by atoms with van der Waals surface area (Å²) in [7, 11) is 0. The highest BCUT2D eigenvalue weighted by atomic mass is 16.4. The lowest BCUT2D eigenvalue weighted by atomic mass is 9.89. The first-order valence-corrected chi connectivity index (χ1v) is 6.97. The van der Waals surface area contributed by atoms with Gasteiger partial charge >= 0.3 is 11.7 Å². The fourth-order valence-corrected chi connectivity index (χ4v) is 2.94. The molecule has 2 aromatic rings. The first-order chi connectivity index (χ1) is 9.49. The largest absolute Gasteiger partial charge is 0.478 e. The monoisotopic (exact) mass is 276 g/mol. The van der Waals surface area contributed by atoms with Gasteiger partial charge in [0.05, 0.1) is 16.6 Å². The van der Waals surface area contributed by atoms with Crippen LogP contribution >= 0.6 is 0 Å². The Balaban J connectivity index is 2.75. The SMILES string of the molecule is CCC(CC)(CC)n1c(=O)[nH]c2cc(C(=O)O)ccc21. The quantitative estimate of drug-likeness (QED) is 0.881. The van der Waals surface area contributed by atoms with E-state index in [0.717, 1.165) is 24.8 Å².